The van der Waals surface area contributed by atoms with Crippen molar-refractivity contribution in [1.29, 1.82) is 0 Å². The maximum absolute atomic E-state index is 12.6. The molecule has 2 N–H and O–H groups in total. The number of aromatic amines is 1. The van der Waals surface area contributed by atoms with Gasteiger partial charge in [0.15, 0.2) is 0 Å². The fraction of sp³-hybridized carbons (Fsp3) is 0.474. The minimum absolute atomic E-state index is 0.0815. The van der Waals surface area contributed by atoms with Crippen molar-refractivity contribution in [2.75, 3.05) is 6.54 Å². The van der Waals surface area contributed by atoms with Gasteiger partial charge in [0.1, 0.15) is 5.65 Å². The number of carbonyl (C=O) groups is 1. The van der Waals surface area contributed by atoms with Crippen LogP contribution in [-0.2, 0) is 0 Å². The molecule has 0 bridgehead atoms. The summed E-state index contributed by atoms with van der Waals surface area (Å²) in [5.41, 5.74) is 3.36. The summed E-state index contributed by atoms with van der Waals surface area (Å²) in [6.45, 7) is 2.84. The molecule has 0 aromatic carbocycles. The molecule has 25 heavy (non-hydrogen) atoms. The SMILES string of the molecule is CC1C=C(c2c[nH]c3ncc(Br)cc23)CCN1C(=O)NC1CCCC1. The normalized spacial score (nSPS) is 21.6. The number of hydrogen-bond acceptors (Lipinski definition) is 2. The van der Waals surface area contributed by atoms with Crippen molar-refractivity contribution in [2.24, 2.45) is 0 Å². The summed E-state index contributed by atoms with van der Waals surface area (Å²) in [4.78, 5) is 22.2. The molecule has 1 saturated carbocycles. The zero-order valence-electron chi connectivity index (χ0n) is 14.4. The van der Waals surface area contributed by atoms with Gasteiger partial charge in [-0.15, -0.1) is 0 Å². The van der Waals surface area contributed by atoms with Gasteiger partial charge in [-0.2, -0.15) is 0 Å². The molecule has 2 amide bonds. The van der Waals surface area contributed by atoms with Crippen molar-refractivity contribution in [3.63, 3.8) is 0 Å². The highest BCUT2D eigenvalue weighted by atomic mass is 79.9. The van der Waals surface area contributed by atoms with E-state index in [1.807, 2.05) is 11.1 Å². The number of pyridine rings is 1. The van der Waals surface area contributed by atoms with E-state index in [9.17, 15) is 4.79 Å². The van der Waals surface area contributed by atoms with Gasteiger partial charge in [0, 0.05) is 46.4 Å². The molecule has 2 aliphatic rings. The molecular formula is C19H23BrN4O. The molecule has 1 aliphatic carbocycles. The summed E-state index contributed by atoms with van der Waals surface area (Å²) in [7, 11) is 0. The van der Waals surface area contributed by atoms with E-state index >= 15 is 0 Å². The number of halogens is 1. The van der Waals surface area contributed by atoms with Crippen molar-refractivity contribution in [2.45, 2.75) is 51.1 Å². The van der Waals surface area contributed by atoms with E-state index in [1.165, 1.54) is 24.0 Å². The van der Waals surface area contributed by atoms with E-state index in [0.717, 1.165) is 41.3 Å². The lowest BCUT2D eigenvalue weighted by Crippen LogP contribution is -2.49. The molecule has 0 saturated heterocycles. The fourth-order valence-corrected chi connectivity index (χ4v) is 4.32. The van der Waals surface area contributed by atoms with Gasteiger partial charge in [0.2, 0.25) is 0 Å². The average molecular weight is 403 g/mol. The van der Waals surface area contributed by atoms with Crippen molar-refractivity contribution >= 4 is 38.6 Å². The first-order valence-corrected chi connectivity index (χ1v) is 9.82. The van der Waals surface area contributed by atoms with E-state index in [-0.39, 0.29) is 12.1 Å². The van der Waals surface area contributed by atoms with Crippen LogP contribution in [0.25, 0.3) is 16.6 Å². The number of amides is 2. The number of nitrogens with one attached hydrogen (secondary N) is 2. The lowest BCUT2D eigenvalue weighted by molar-refractivity contribution is 0.184. The number of hydrogen-bond donors (Lipinski definition) is 2. The van der Waals surface area contributed by atoms with E-state index in [2.05, 4.69) is 50.3 Å². The first-order valence-electron chi connectivity index (χ1n) is 9.02. The van der Waals surface area contributed by atoms with Crippen LogP contribution in [0.2, 0.25) is 0 Å². The number of carbonyl (C=O) groups excluding carboxylic acids is 1. The van der Waals surface area contributed by atoms with Crippen LogP contribution in [0, 0.1) is 0 Å². The minimum Gasteiger partial charge on any atom is -0.346 e. The van der Waals surface area contributed by atoms with Crippen LogP contribution in [-0.4, -0.2) is 39.5 Å². The van der Waals surface area contributed by atoms with Gasteiger partial charge in [-0.1, -0.05) is 18.9 Å². The van der Waals surface area contributed by atoms with Crippen LogP contribution >= 0.6 is 15.9 Å². The topological polar surface area (TPSA) is 61.0 Å². The Balaban J connectivity index is 1.53. The lowest BCUT2D eigenvalue weighted by atomic mass is 9.96. The number of nitrogens with zero attached hydrogens (tertiary/aromatic N) is 2. The van der Waals surface area contributed by atoms with E-state index in [1.54, 1.807) is 6.20 Å². The number of rotatable bonds is 2. The van der Waals surface area contributed by atoms with Crippen LogP contribution in [0.15, 0.2) is 29.0 Å². The van der Waals surface area contributed by atoms with Crippen LogP contribution in [0.1, 0.15) is 44.6 Å². The van der Waals surface area contributed by atoms with Gasteiger partial charge in [0.25, 0.3) is 0 Å². The molecule has 1 aliphatic heterocycles. The molecule has 4 rings (SSSR count). The molecule has 2 aromatic rings. The molecule has 1 fully saturated rings. The van der Waals surface area contributed by atoms with E-state index < -0.39 is 0 Å². The van der Waals surface area contributed by atoms with Gasteiger partial charge in [-0.25, -0.2) is 9.78 Å². The fourth-order valence-electron chi connectivity index (χ4n) is 3.99. The van der Waals surface area contributed by atoms with Crippen LogP contribution in [0.5, 0.6) is 0 Å². The van der Waals surface area contributed by atoms with Crippen LogP contribution < -0.4 is 5.32 Å². The van der Waals surface area contributed by atoms with E-state index in [4.69, 9.17) is 0 Å². The molecule has 1 unspecified atom stereocenters. The number of H-pyrrole nitrogens is 1. The van der Waals surface area contributed by atoms with Crippen LogP contribution in [0.4, 0.5) is 4.79 Å². The lowest BCUT2D eigenvalue weighted by Gasteiger charge is -2.33. The highest BCUT2D eigenvalue weighted by Crippen LogP contribution is 2.31. The summed E-state index contributed by atoms with van der Waals surface area (Å²) in [6, 6.07) is 2.63. The Labute approximate surface area is 156 Å². The Morgan fingerprint density at radius 2 is 2.20 bits per heavy atom. The molecule has 0 spiro atoms. The number of fused-ring (bicyclic) bond motifs is 1. The minimum atomic E-state index is 0.0815. The maximum atomic E-state index is 12.6. The predicted molar refractivity (Wildman–Crippen MR) is 103 cm³/mol. The van der Waals surface area contributed by atoms with Gasteiger partial charge in [-0.05, 0) is 53.8 Å². The molecule has 1 atom stereocenters. The highest BCUT2D eigenvalue weighted by Gasteiger charge is 2.27. The Morgan fingerprint density at radius 3 is 2.96 bits per heavy atom. The summed E-state index contributed by atoms with van der Waals surface area (Å²) in [6.07, 6.45) is 11.6. The van der Waals surface area contributed by atoms with Crippen molar-refractivity contribution in [3.8, 4) is 0 Å². The molecular weight excluding hydrogens is 380 g/mol. The largest absolute Gasteiger partial charge is 0.346 e. The third-order valence-electron chi connectivity index (χ3n) is 5.34. The molecule has 0 radical (unpaired) electrons. The third-order valence-corrected chi connectivity index (χ3v) is 5.78. The predicted octanol–water partition coefficient (Wildman–Crippen LogP) is 4.46. The molecule has 132 valence electrons. The van der Waals surface area contributed by atoms with Crippen molar-refractivity contribution < 1.29 is 4.79 Å². The summed E-state index contributed by atoms with van der Waals surface area (Å²) in [5.74, 6) is 0. The Morgan fingerprint density at radius 1 is 1.40 bits per heavy atom. The molecule has 2 aromatic heterocycles. The standard InChI is InChI=1S/C19H23BrN4O/c1-12-8-13(17-11-22-18-16(17)9-14(20)10-21-18)6-7-24(12)19(25)23-15-4-2-3-5-15/h8-12,15H,2-7H2,1H3,(H,21,22)(H,23,25). The first kappa shape index (κ1) is 16.6. The first-order chi connectivity index (χ1) is 12.1. The van der Waals surface area contributed by atoms with E-state index in [0.29, 0.717) is 6.04 Å². The highest BCUT2D eigenvalue weighted by molar-refractivity contribution is 9.10. The summed E-state index contributed by atoms with van der Waals surface area (Å²) < 4.78 is 0.975. The maximum Gasteiger partial charge on any atom is 0.318 e. The van der Waals surface area contributed by atoms with Crippen molar-refractivity contribution in [3.05, 3.63) is 34.6 Å². The zero-order valence-corrected chi connectivity index (χ0v) is 16.0. The summed E-state index contributed by atoms with van der Waals surface area (Å²) >= 11 is 3.50. The zero-order chi connectivity index (χ0) is 17.4. The molecule has 3 heterocycles. The Kier molecular flexibility index (Phi) is 4.54. The molecule has 6 heteroatoms. The number of urea groups is 1. The van der Waals surface area contributed by atoms with Gasteiger partial charge in [0.05, 0.1) is 0 Å². The summed E-state index contributed by atoms with van der Waals surface area (Å²) in [5, 5.41) is 4.32. The van der Waals surface area contributed by atoms with Crippen molar-refractivity contribution in [1.82, 2.24) is 20.2 Å². The third kappa shape index (κ3) is 3.32. The Bertz CT molecular complexity index is 822. The monoisotopic (exact) mass is 402 g/mol. The number of aromatic nitrogens is 2. The second kappa shape index (κ2) is 6.83. The second-order valence-electron chi connectivity index (χ2n) is 7.06. The quantitative estimate of drug-likeness (QED) is 0.778. The molecule has 5 nitrogen and oxygen atoms in total. The Hall–Kier alpha value is -1.82. The van der Waals surface area contributed by atoms with Gasteiger partial charge >= 0.3 is 6.03 Å². The average Bonchev–Trinajstić information content (AvgIpc) is 3.23. The van der Waals surface area contributed by atoms with Gasteiger partial charge < -0.3 is 15.2 Å². The van der Waals surface area contributed by atoms with Gasteiger partial charge in [-0.3, -0.25) is 0 Å². The smallest absolute Gasteiger partial charge is 0.318 e. The second-order valence-corrected chi connectivity index (χ2v) is 7.97. The van der Waals surface area contributed by atoms with Crippen LogP contribution in [0.3, 0.4) is 0 Å².